The summed E-state index contributed by atoms with van der Waals surface area (Å²) in [5.74, 6) is 1.15. The molecule has 3 heteroatoms. The van der Waals surface area contributed by atoms with E-state index in [-0.39, 0.29) is 0 Å². The second kappa shape index (κ2) is 7.77. The Bertz CT molecular complexity index is 535. The molecule has 0 amide bonds. The molecule has 1 aliphatic carbocycles. The zero-order valence-corrected chi connectivity index (χ0v) is 15.0. The maximum Gasteiger partial charge on any atom is 0.124 e. The number of anilines is 1. The van der Waals surface area contributed by atoms with Crippen molar-refractivity contribution in [1.82, 2.24) is 4.90 Å². The first-order chi connectivity index (χ1) is 11.9. The van der Waals surface area contributed by atoms with E-state index in [1.54, 1.807) is 0 Å². The van der Waals surface area contributed by atoms with E-state index in [4.69, 9.17) is 4.74 Å². The molecule has 2 aliphatic heterocycles. The zero-order valence-electron chi connectivity index (χ0n) is 15.0. The summed E-state index contributed by atoms with van der Waals surface area (Å²) in [6, 6.07) is 7.80. The first kappa shape index (κ1) is 16.3. The van der Waals surface area contributed by atoms with Gasteiger partial charge in [-0.05, 0) is 69.5 Å². The van der Waals surface area contributed by atoms with Crippen LogP contribution in [0, 0.1) is 0 Å². The fourth-order valence-electron chi connectivity index (χ4n) is 4.36. The number of hydrogen-bond acceptors (Lipinski definition) is 3. The standard InChI is InChI=1S/C21H32N2O/c1-3-12-22(13-4-1)20-11-10-18-7-2-5-14-23(19-8-6-9-19)15-16-24-21(18)17-20/h10-11,17,19H,1-9,12-16H2. The molecule has 1 aromatic rings. The van der Waals surface area contributed by atoms with Gasteiger partial charge in [0, 0.05) is 37.4 Å². The van der Waals surface area contributed by atoms with Gasteiger partial charge in [0.05, 0.1) is 0 Å². The lowest BCUT2D eigenvalue weighted by Gasteiger charge is -2.38. The third kappa shape index (κ3) is 3.72. The minimum atomic E-state index is 0.840. The molecule has 2 fully saturated rings. The molecule has 0 spiro atoms. The smallest absolute Gasteiger partial charge is 0.124 e. The normalized spacial score (nSPS) is 23.9. The number of aryl methyl sites for hydroxylation is 1. The minimum absolute atomic E-state index is 0.840. The van der Waals surface area contributed by atoms with Crippen LogP contribution in [0.15, 0.2) is 18.2 Å². The van der Waals surface area contributed by atoms with Crippen molar-refractivity contribution in [2.75, 3.05) is 37.7 Å². The Morgan fingerprint density at radius 1 is 0.833 bits per heavy atom. The molecule has 132 valence electrons. The van der Waals surface area contributed by atoms with E-state index < -0.39 is 0 Å². The van der Waals surface area contributed by atoms with Gasteiger partial charge in [-0.1, -0.05) is 12.5 Å². The Hall–Kier alpha value is -1.22. The van der Waals surface area contributed by atoms with Crippen LogP contribution < -0.4 is 9.64 Å². The van der Waals surface area contributed by atoms with E-state index >= 15 is 0 Å². The highest BCUT2D eigenvalue weighted by Gasteiger charge is 2.25. The fraction of sp³-hybridized carbons (Fsp3) is 0.714. The molecule has 0 N–H and O–H groups in total. The summed E-state index contributed by atoms with van der Waals surface area (Å²) in [4.78, 5) is 5.22. The highest BCUT2D eigenvalue weighted by Crippen LogP contribution is 2.30. The topological polar surface area (TPSA) is 15.7 Å². The maximum atomic E-state index is 6.28. The van der Waals surface area contributed by atoms with Crippen LogP contribution in [0.3, 0.4) is 0 Å². The Kier molecular flexibility index (Phi) is 5.27. The van der Waals surface area contributed by atoms with E-state index in [0.29, 0.717) is 0 Å². The lowest BCUT2D eigenvalue weighted by Crippen LogP contribution is -2.43. The number of nitrogens with zero attached hydrogens (tertiary/aromatic N) is 2. The van der Waals surface area contributed by atoms with Gasteiger partial charge in [-0.2, -0.15) is 0 Å². The van der Waals surface area contributed by atoms with E-state index in [9.17, 15) is 0 Å². The highest BCUT2D eigenvalue weighted by molar-refractivity contribution is 5.54. The summed E-state index contributed by atoms with van der Waals surface area (Å²) in [6.45, 7) is 5.60. The van der Waals surface area contributed by atoms with E-state index in [1.807, 2.05) is 0 Å². The number of rotatable bonds is 2. The van der Waals surface area contributed by atoms with Crippen LogP contribution in [-0.4, -0.2) is 43.7 Å². The van der Waals surface area contributed by atoms with Crippen molar-refractivity contribution >= 4 is 5.69 Å². The molecule has 3 aliphatic rings. The van der Waals surface area contributed by atoms with Crippen LogP contribution in [0.2, 0.25) is 0 Å². The van der Waals surface area contributed by atoms with Crippen molar-refractivity contribution < 1.29 is 4.74 Å². The predicted octanol–water partition coefficient (Wildman–Crippen LogP) is 4.25. The Morgan fingerprint density at radius 2 is 1.67 bits per heavy atom. The van der Waals surface area contributed by atoms with Crippen molar-refractivity contribution in [3.8, 4) is 5.75 Å². The summed E-state index contributed by atoms with van der Waals surface area (Å²) >= 11 is 0. The third-order valence-electron chi connectivity index (χ3n) is 6.14. The quantitative estimate of drug-likeness (QED) is 0.807. The lowest BCUT2D eigenvalue weighted by molar-refractivity contribution is 0.103. The van der Waals surface area contributed by atoms with Crippen molar-refractivity contribution in [2.24, 2.45) is 0 Å². The van der Waals surface area contributed by atoms with Crippen LogP contribution in [0.1, 0.15) is 56.9 Å². The molecule has 0 aromatic heterocycles. The van der Waals surface area contributed by atoms with Crippen LogP contribution >= 0.6 is 0 Å². The molecule has 0 radical (unpaired) electrons. The molecule has 4 rings (SSSR count). The molecule has 24 heavy (non-hydrogen) atoms. The van der Waals surface area contributed by atoms with Gasteiger partial charge in [-0.25, -0.2) is 0 Å². The van der Waals surface area contributed by atoms with Gasteiger partial charge in [-0.3, -0.25) is 4.90 Å². The fourth-order valence-corrected chi connectivity index (χ4v) is 4.36. The zero-order chi connectivity index (χ0) is 16.2. The molecule has 0 unspecified atom stereocenters. The number of benzene rings is 1. The van der Waals surface area contributed by atoms with Crippen molar-refractivity contribution in [1.29, 1.82) is 0 Å². The van der Waals surface area contributed by atoms with Gasteiger partial charge < -0.3 is 9.64 Å². The van der Waals surface area contributed by atoms with Crippen molar-refractivity contribution in [3.05, 3.63) is 23.8 Å². The molecule has 1 saturated carbocycles. The number of fused-ring (bicyclic) bond motifs is 1. The summed E-state index contributed by atoms with van der Waals surface area (Å²) in [5.41, 5.74) is 2.77. The molecule has 1 aromatic carbocycles. The van der Waals surface area contributed by atoms with Gasteiger partial charge >= 0.3 is 0 Å². The van der Waals surface area contributed by atoms with Crippen LogP contribution in [0.5, 0.6) is 5.75 Å². The van der Waals surface area contributed by atoms with E-state index in [0.717, 1.165) is 31.4 Å². The van der Waals surface area contributed by atoms with Gasteiger partial charge in [0.2, 0.25) is 0 Å². The summed E-state index contributed by atoms with van der Waals surface area (Å²) in [7, 11) is 0. The minimum Gasteiger partial charge on any atom is -0.492 e. The van der Waals surface area contributed by atoms with Crippen molar-refractivity contribution in [2.45, 2.75) is 63.8 Å². The SMILES string of the molecule is c1cc2c(cc1N1CCCCC1)OCCN(C1CCC1)CCCC2. The Balaban J connectivity index is 1.45. The van der Waals surface area contributed by atoms with E-state index in [2.05, 4.69) is 28.0 Å². The second-order valence-electron chi connectivity index (χ2n) is 7.77. The first-order valence-corrected chi connectivity index (χ1v) is 10.1. The largest absolute Gasteiger partial charge is 0.492 e. The van der Waals surface area contributed by atoms with Crippen molar-refractivity contribution in [3.63, 3.8) is 0 Å². The average Bonchev–Trinajstić information content (AvgIpc) is 2.58. The molecule has 3 nitrogen and oxygen atoms in total. The van der Waals surface area contributed by atoms with Gasteiger partial charge in [0.15, 0.2) is 0 Å². The summed E-state index contributed by atoms with van der Waals surface area (Å²) in [6.07, 6.45) is 12.0. The lowest BCUT2D eigenvalue weighted by atomic mass is 9.91. The molecular weight excluding hydrogens is 296 g/mol. The summed E-state index contributed by atoms with van der Waals surface area (Å²) < 4.78 is 6.28. The van der Waals surface area contributed by atoms with Crippen LogP contribution in [0.25, 0.3) is 0 Å². The van der Waals surface area contributed by atoms with E-state index in [1.165, 1.54) is 82.3 Å². The Labute approximate surface area is 147 Å². The predicted molar refractivity (Wildman–Crippen MR) is 100 cm³/mol. The number of piperidine rings is 1. The number of ether oxygens (including phenoxy) is 1. The average molecular weight is 329 g/mol. The van der Waals surface area contributed by atoms with Gasteiger partial charge in [0.1, 0.15) is 12.4 Å². The molecule has 0 bridgehead atoms. The van der Waals surface area contributed by atoms with Crippen LogP contribution in [-0.2, 0) is 6.42 Å². The Morgan fingerprint density at radius 3 is 2.46 bits per heavy atom. The molecule has 1 saturated heterocycles. The highest BCUT2D eigenvalue weighted by atomic mass is 16.5. The second-order valence-corrected chi connectivity index (χ2v) is 7.77. The monoisotopic (exact) mass is 328 g/mol. The summed E-state index contributed by atoms with van der Waals surface area (Å²) in [5, 5.41) is 0. The molecule has 2 heterocycles. The number of hydrogen-bond donors (Lipinski definition) is 0. The van der Waals surface area contributed by atoms with Crippen LogP contribution in [0.4, 0.5) is 5.69 Å². The maximum absolute atomic E-state index is 6.28. The third-order valence-corrected chi connectivity index (χ3v) is 6.14. The molecule has 0 atom stereocenters. The van der Waals surface area contributed by atoms with Gasteiger partial charge in [0.25, 0.3) is 0 Å². The van der Waals surface area contributed by atoms with Gasteiger partial charge in [-0.15, -0.1) is 0 Å². The molecular formula is C21H32N2O. The first-order valence-electron chi connectivity index (χ1n) is 10.1.